The zero-order chi connectivity index (χ0) is 19.8. The molecule has 29 heavy (non-hydrogen) atoms. The first-order chi connectivity index (χ1) is 14.2. The summed E-state index contributed by atoms with van der Waals surface area (Å²) in [5, 5.41) is 8.00. The van der Waals surface area contributed by atoms with Gasteiger partial charge < -0.3 is 11.1 Å². The van der Waals surface area contributed by atoms with Gasteiger partial charge in [0.2, 0.25) is 0 Å². The summed E-state index contributed by atoms with van der Waals surface area (Å²) >= 11 is 0. The van der Waals surface area contributed by atoms with Crippen LogP contribution in [-0.4, -0.2) is 24.6 Å². The van der Waals surface area contributed by atoms with Gasteiger partial charge in [0.05, 0.1) is 5.52 Å². The van der Waals surface area contributed by atoms with Crippen molar-refractivity contribution in [3.8, 4) is 0 Å². The molecule has 2 aromatic carbocycles. The number of nitrogens with one attached hydrogen (secondary N) is 1. The van der Waals surface area contributed by atoms with Gasteiger partial charge in [-0.25, -0.2) is 23.9 Å². The molecule has 0 radical (unpaired) electrons. The van der Waals surface area contributed by atoms with Crippen LogP contribution in [0.1, 0.15) is 11.1 Å². The third-order valence-electron chi connectivity index (χ3n) is 4.71. The molecule has 0 amide bonds. The molecule has 0 aliphatic heterocycles. The third-order valence-corrected chi connectivity index (χ3v) is 4.71. The number of nitrogen functional groups attached to an aromatic ring is 1. The summed E-state index contributed by atoms with van der Waals surface area (Å²) in [4.78, 5) is 12.7. The van der Waals surface area contributed by atoms with Gasteiger partial charge in [-0.05, 0) is 53.6 Å². The number of rotatable bonds is 4. The fourth-order valence-electron chi connectivity index (χ4n) is 3.27. The monoisotopic (exact) mass is 385 g/mol. The first kappa shape index (κ1) is 17.1. The van der Waals surface area contributed by atoms with Gasteiger partial charge in [-0.15, -0.1) is 0 Å². The van der Waals surface area contributed by atoms with Crippen molar-refractivity contribution >= 4 is 33.7 Å². The van der Waals surface area contributed by atoms with Crippen LogP contribution in [0.15, 0.2) is 67.4 Å². The Balaban J connectivity index is 1.42. The molecule has 0 aliphatic carbocycles. The van der Waals surface area contributed by atoms with E-state index in [9.17, 15) is 4.39 Å². The molecular formula is C21H16FN7. The molecule has 0 atom stereocenters. The van der Waals surface area contributed by atoms with Gasteiger partial charge in [0.25, 0.3) is 0 Å². The second kappa shape index (κ2) is 6.83. The Morgan fingerprint density at radius 3 is 2.79 bits per heavy atom. The van der Waals surface area contributed by atoms with E-state index in [1.165, 1.54) is 18.7 Å². The Labute approximate surface area is 165 Å². The lowest BCUT2D eigenvalue weighted by Crippen LogP contribution is -1.99. The zero-order valence-electron chi connectivity index (χ0n) is 15.2. The molecule has 0 saturated carbocycles. The Bertz CT molecular complexity index is 1350. The van der Waals surface area contributed by atoms with E-state index in [1.54, 1.807) is 22.7 Å². The third kappa shape index (κ3) is 3.31. The van der Waals surface area contributed by atoms with Gasteiger partial charge in [-0.1, -0.05) is 6.07 Å². The van der Waals surface area contributed by atoms with Crippen LogP contribution in [0.3, 0.4) is 0 Å². The summed E-state index contributed by atoms with van der Waals surface area (Å²) in [6.07, 6.45) is 5.23. The minimum Gasteiger partial charge on any atom is -0.399 e. The Hall–Kier alpha value is -4.07. The molecule has 0 spiro atoms. The fraction of sp³-hybridized carbons (Fsp3) is 0.0476. The largest absolute Gasteiger partial charge is 0.399 e. The van der Waals surface area contributed by atoms with E-state index in [0.29, 0.717) is 29.2 Å². The molecule has 0 bridgehead atoms. The van der Waals surface area contributed by atoms with Crippen molar-refractivity contribution < 1.29 is 4.39 Å². The fourth-order valence-corrected chi connectivity index (χ4v) is 3.27. The lowest BCUT2D eigenvalue weighted by atomic mass is 10.0. The van der Waals surface area contributed by atoms with Gasteiger partial charge in [0.1, 0.15) is 24.3 Å². The van der Waals surface area contributed by atoms with E-state index < -0.39 is 0 Å². The molecule has 0 unspecified atom stereocenters. The smallest absolute Gasteiger partial charge is 0.155 e. The second-order valence-corrected chi connectivity index (χ2v) is 6.70. The highest BCUT2D eigenvalue weighted by Gasteiger charge is 2.09. The molecule has 3 N–H and O–H groups in total. The Morgan fingerprint density at radius 1 is 0.966 bits per heavy atom. The van der Waals surface area contributed by atoms with Crippen LogP contribution in [-0.2, 0) is 6.42 Å². The number of nitrogens with two attached hydrogens (primary N) is 1. The summed E-state index contributed by atoms with van der Waals surface area (Å²) < 4.78 is 16.4. The first-order valence-electron chi connectivity index (χ1n) is 9.00. The van der Waals surface area contributed by atoms with E-state index in [2.05, 4.69) is 25.4 Å². The SMILES string of the molecule is Nc1ccc2ncnc(Nc3ccc(Cc4ccn5ncnc5c4)c(F)c3)c2c1. The Morgan fingerprint density at radius 2 is 1.90 bits per heavy atom. The number of benzene rings is 2. The lowest BCUT2D eigenvalue weighted by Gasteiger charge is -2.11. The molecule has 0 fully saturated rings. The molecule has 142 valence electrons. The molecule has 5 aromatic rings. The van der Waals surface area contributed by atoms with Crippen molar-refractivity contribution in [2.75, 3.05) is 11.1 Å². The standard InChI is InChI=1S/C21H16FN7/c22-18-10-16(28-21-17-9-15(23)2-4-19(17)24-11-26-21)3-1-14(18)7-13-5-6-29-20(8-13)25-12-27-29/h1-6,8-12H,7,23H2,(H,24,26,28). The first-order valence-corrected chi connectivity index (χ1v) is 9.00. The normalized spacial score (nSPS) is 11.2. The van der Waals surface area contributed by atoms with Gasteiger partial charge in [0, 0.05) is 29.4 Å². The van der Waals surface area contributed by atoms with Crippen molar-refractivity contribution in [3.05, 3.63) is 84.3 Å². The summed E-state index contributed by atoms with van der Waals surface area (Å²) in [5.41, 5.74) is 10.1. The molecule has 0 saturated heterocycles. The van der Waals surface area contributed by atoms with Crippen LogP contribution in [0, 0.1) is 5.82 Å². The quantitative estimate of drug-likeness (QED) is 0.458. The van der Waals surface area contributed by atoms with Crippen molar-refractivity contribution in [1.82, 2.24) is 24.6 Å². The summed E-state index contributed by atoms with van der Waals surface area (Å²) in [6, 6.07) is 14.3. The number of aromatic nitrogens is 5. The highest BCUT2D eigenvalue weighted by molar-refractivity contribution is 5.92. The van der Waals surface area contributed by atoms with E-state index in [-0.39, 0.29) is 5.82 Å². The maximum atomic E-state index is 14.7. The minimum atomic E-state index is -0.297. The van der Waals surface area contributed by atoms with E-state index >= 15 is 0 Å². The van der Waals surface area contributed by atoms with E-state index in [4.69, 9.17) is 5.73 Å². The van der Waals surface area contributed by atoms with Crippen molar-refractivity contribution in [2.45, 2.75) is 6.42 Å². The van der Waals surface area contributed by atoms with Crippen LogP contribution in [0.4, 0.5) is 21.6 Å². The number of pyridine rings is 1. The van der Waals surface area contributed by atoms with Crippen molar-refractivity contribution in [3.63, 3.8) is 0 Å². The Kier molecular flexibility index (Phi) is 4.02. The van der Waals surface area contributed by atoms with Gasteiger partial charge in [-0.3, -0.25) is 0 Å². The molecular weight excluding hydrogens is 369 g/mol. The van der Waals surface area contributed by atoms with E-state index in [0.717, 1.165) is 22.1 Å². The number of anilines is 3. The van der Waals surface area contributed by atoms with Crippen LogP contribution in [0.25, 0.3) is 16.6 Å². The molecule has 3 heterocycles. The lowest BCUT2D eigenvalue weighted by molar-refractivity contribution is 0.614. The van der Waals surface area contributed by atoms with Crippen molar-refractivity contribution in [2.24, 2.45) is 0 Å². The van der Waals surface area contributed by atoms with Crippen LogP contribution in [0.2, 0.25) is 0 Å². The van der Waals surface area contributed by atoms with Crippen LogP contribution in [0.5, 0.6) is 0 Å². The molecule has 8 heteroatoms. The summed E-state index contributed by atoms with van der Waals surface area (Å²) in [6.45, 7) is 0. The molecule has 5 rings (SSSR count). The van der Waals surface area contributed by atoms with Crippen LogP contribution < -0.4 is 11.1 Å². The zero-order valence-corrected chi connectivity index (χ0v) is 15.2. The number of hydrogen-bond acceptors (Lipinski definition) is 6. The predicted molar refractivity (Wildman–Crippen MR) is 109 cm³/mol. The highest BCUT2D eigenvalue weighted by Crippen LogP contribution is 2.26. The van der Waals surface area contributed by atoms with E-state index in [1.807, 2.05) is 30.5 Å². The topological polar surface area (TPSA) is 94.0 Å². The average molecular weight is 385 g/mol. The van der Waals surface area contributed by atoms with Gasteiger partial charge in [0.15, 0.2) is 5.65 Å². The van der Waals surface area contributed by atoms with Gasteiger partial charge in [-0.2, -0.15) is 5.10 Å². The summed E-state index contributed by atoms with van der Waals surface area (Å²) in [5.74, 6) is 0.279. The molecule has 3 aromatic heterocycles. The maximum absolute atomic E-state index is 14.7. The van der Waals surface area contributed by atoms with Gasteiger partial charge >= 0.3 is 0 Å². The van der Waals surface area contributed by atoms with Crippen molar-refractivity contribution in [1.29, 1.82) is 0 Å². The van der Waals surface area contributed by atoms with Crippen LogP contribution >= 0.6 is 0 Å². The maximum Gasteiger partial charge on any atom is 0.155 e. The second-order valence-electron chi connectivity index (χ2n) is 6.70. The number of fused-ring (bicyclic) bond motifs is 2. The molecule has 0 aliphatic rings. The number of halogens is 1. The minimum absolute atomic E-state index is 0.297. The predicted octanol–water partition coefficient (Wildman–Crippen LogP) is 3.73. The summed E-state index contributed by atoms with van der Waals surface area (Å²) in [7, 11) is 0. The number of hydrogen-bond donors (Lipinski definition) is 2. The number of nitrogens with zero attached hydrogens (tertiary/aromatic N) is 5. The average Bonchev–Trinajstić information content (AvgIpc) is 3.18. The molecule has 7 nitrogen and oxygen atoms in total. The highest BCUT2D eigenvalue weighted by atomic mass is 19.1.